The third kappa shape index (κ3) is 4.44. The van der Waals surface area contributed by atoms with Crippen LogP contribution in [0.25, 0.3) is 0 Å². The van der Waals surface area contributed by atoms with Gasteiger partial charge in [0.2, 0.25) is 0 Å². The topological polar surface area (TPSA) is 50.8 Å². The van der Waals surface area contributed by atoms with E-state index in [1.165, 1.54) is 0 Å². The second-order valence-corrected chi connectivity index (χ2v) is 6.13. The number of anilines is 1. The van der Waals surface area contributed by atoms with Gasteiger partial charge in [-0.05, 0) is 49.4 Å². The smallest absolute Gasteiger partial charge is 0.338 e. The number of benzene rings is 2. The van der Waals surface area contributed by atoms with Gasteiger partial charge in [-0.1, -0.05) is 17.7 Å². The molecule has 3 rings (SSSR count). The van der Waals surface area contributed by atoms with Crippen LogP contribution in [0.1, 0.15) is 17.3 Å². The lowest BCUT2D eigenvalue weighted by atomic mass is 10.1. The van der Waals surface area contributed by atoms with Crippen LogP contribution in [0.15, 0.2) is 48.5 Å². The summed E-state index contributed by atoms with van der Waals surface area (Å²) in [7, 11) is 0. The van der Waals surface area contributed by atoms with E-state index < -0.39 is 0 Å². The third-order valence-corrected chi connectivity index (χ3v) is 4.21. The Morgan fingerprint density at radius 2 is 2.08 bits per heavy atom. The molecule has 1 aliphatic rings. The largest absolute Gasteiger partial charge is 0.469 e. The second-order valence-electron chi connectivity index (χ2n) is 5.69. The van der Waals surface area contributed by atoms with Crippen molar-refractivity contribution in [2.24, 2.45) is 0 Å². The van der Waals surface area contributed by atoms with Crippen molar-refractivity contribution in [2.45, 2.75) is 13.2 Å². The van der Waals surface area contributed by atoms with Crippen LogP contribution in [0, 0.1) is 0 Å². The zero-order chi connectivity index (χ0) is 17.6. The van der Waals surface area contributed by atoms with Crippen LogP contribution < -0.4 is 15.0 Å². The fourth-order valence-electron chi connectivity index (χ4n) is 2.78. The Morgan fingerprint density at radius 3 is 2.80 bits per heavy atom. The summed E-state index contributed by atoms with van der Waals surface area (Å²) < 4.78 is 11.1. The molecular weight excluding hydrogens is 340 g/mol. The van der Waals surface area contributed by atoms with E-state index in [9.17, 15) is 4.79 Å². The average Bonchev–Trinajstić information content (AvgIpc) is 2.63. The van der Waals surface area contributed by atoms with Crippen molar-refractivity contribution < 1.29 is 14.3 Å². The van der Waals surface area contributed by atoms with Crippen LogP contribution in [0.2, 0.25) is 5.02 Å². The first-order valence-electron chi connectivity index (χ1n) is 8.34. The normalized spacial score (nSPS) is 17.2. The molecule has 1 fully saturated rings. The van der Waals surface area contributed by atoms with Gasteiger partial charge >= 0.3 is 5.97 Å². The molecule has 0 amide bonds. The van der Waals surface area contributed by atoms with Crippen LogP contribution >= 0.6 is 11.6 Å². The fraction of sp³-hybridized carbons (Fsp3) is 0.316. The number of piperazine rings is 1. The molecule has 132 valence electrons. The molecular formula is C19H21ClN2O3. The van der Waals surface area contributed by atoms with Crippen molar-refractivity contribution in [3.05, 3.63) is 59.1 Å². The number of nitrogens with one attached hydrogen (secondary N) is 1. The van der Waals surface area contributed by atoms with Crippen molar-refractivity contribution >= 4 is 23.3 Å². The van der Waals surface area contributed by atoms with Crippen molar-refractivity contribution in [1.29, 1.82) is 0 Å². The van der Waals surface area contributed by atoms with Crippen LogP contribution in [0.4, 0.5) is 5.69 Å². The Balaban J connectivity index is 1.75. The maximum Gasteiger partial charge on any atom is 0.338 e. The molecule has 0 aliphatic carbocycles. The van der Waals surface area contributed by atoms with Crippen molar-refractivity contribution in [2.75, 3.05) is 31.1 Å². The average molecular weight is 361 g/mol. The quantitative estimate of drug-likeness (QED) is 0.829. The minimum Gasteiger partial charge on any atom is -0.469 e. The predicted octanol–water partition coefficient (Wildman–Crippen LogP) is 3.33. The molecule has 25 heavy (non-hydrogen) atoms. The van der Waals surface area contributed by atoms with Gasteiger partial charge in [-0.2, -0.15) is 0 Å². The van der Waals surface area contributed by atoms with Crippen molar-refractivity contribution in [1.82, 2.24) is 5.32 Å². The Bertz CT molecular complexity index is 721. The molecule has 6 heteroatoms. The zero-order valence-electron chi connectivity index (χ0n) is 14.1. The van der Waals surface area contributed by atoms with Gasteiger partial charge in [0.05, 0.1) is 18.7 Å². The van der Waals surface area contributed by atoms with E-state index in [2.05, 4.69) is 10.2 Å². The molecule has 2 aromatic rings. The lowest BCUT2D eigenvalue weighted by molar-refractivity contribution is 0.0526. The number of esters is 1. The lowest BCUT2D eigenvalue weighted by Crippen LogP contribution is -2.54. The van der Waals surface area contributed by atoms with Gasteiger partial charge in [-0.25, -0.2) is 4.79 Å². The number of halogens is 1. The van der Waals surface area contributed by atoms with Crippen LogP contribution in [0.3, 0.4) is 0 Å². The minimum atomic E-state index is -0.305. The number of hydrogen-bond donors (Lipinski definition) is 1. The number of carbonyl (C=O) groups is 1. The predicted molar refractivity (Wildman–Crippen MR) is 98.5 cm³/mol. The summed E-state index contributed by atoms with van der Waals surface area (Å²) in [5.41, 5.74) is 1.55. The van der Waals surface area contributed by atoms with Gasteiger partial charge in [0.15, 0.2) is 6.23 Å². The first kappa shape index (κ1) is 17.6. The number of carbonyl (C=O) groups excluding carboxylic acids is 1. The molecule has 0 aromatic heterocycles. The molecule has 0 radical (unpaired) electrons. The molecule has 1 saturated heterocycles. The number of rotatable bonds is 5. The van der Waals surface area contributed by atoms with Gasteiger partial charge in [0.25, 0.3) is 0 Å². The Labute approximate surface area is 152 Å². The highest BCUT2D eigenvalue weighted by atomic mass is 35.5. The molecule has 1 unspecified atom stereocenters. The van der Waals surface area contributed by atoms with Gasteiger partial charge in [0.1, 0.15) is 5.75 Å². The summed E-state index contributed by atoms with van der Waals surface area (Å²) in [4.78, 5) is 14.0. The van der Waals surface area contributed by atoms with Gasteiger partial charge < -0.3 is 19.7 Å². The maximum atomic E-state index is 11.8. The van der Waals surface area contributed by atoms with E-state index in [0.717, 1.165) is 24.5 Å². The Hall–Kier alpha value is -2.24. The molecule has 0 bridgehead atoms. The number of ether oxygens (including phenoxy) is 2. The standard InChI is InChI=1S/C19H21ClN2O3/c1-2-24-19(23)14-6-8-16(9-7-14)22-11-10-21-13-18(22)25-17-5-3-4-15(20)12-17/h3-9,12,18,21H,2,10-11,13H2,1H3. The minimum absolute atomic E-state index is 0.152. The Kier molecular flexibility index (Phi) is 5.79. The Morgan fingerprint density at radius 1 is 1.28 bits per heavy atom. The highest BCUT2D eigenvalue weighted by Gasteiger charge is 2.24. The number of hydrogen-bond acceptors (Lipinski definition) is 5. The van der Waals surface area contributed by atoms with Gasteiger partial charge in [0, 0.05) is 23.8 Å². The highest BCUT2D eigenvalue weighted by Crippen LogP contribution is 2.24. The van der Waals surface area contributed by atoms with E-state index in [4.69, 9.17) is 21.1 Å². The van der Waals surface area contributed by atoms with E-state index in [1.807, 2.05) is 30.3 Å². The highest BCUT2D eigenvalue weighted by molar-refractivity contribution is 6.30. The monoisotopic (exact) mass is 360 g/mol. The molecule has 1 atom stereocenters. The van der Waals surface area contributed by atoms with Gasteiger partial charge in [-0.3, -0.25) is 0 Å². The fourth-order valence-corrected chi connectivity index (χ4v) is 2.96. The van der Waals surface area contributed by atoms with E-state index in [0.29, 0.717) is 23.7 Å². The van der Waals surface area contributed by atoms with Crippen LogP contribution in [-0.4, -0.2) is 38.4 Å². The summed E-state index contributed by atoms with van der Waals surface area (Å²) in [6.45, 7) is 4.55. The molecule has 0 saturated carbocycles. The molecule has 1 heterocycles. The second kappa shape index (κ2) is 8.23. The molecule has 1 aliphatic heterocycles. The lowest BCUT2D eigenvalue weighted by Gasteiger charge is -2.37. The van der Waals surface area contributed by atoms with E-state index in [1.54, 1.807) is 25.1 Å². The van der Waals surface area contributed by atoms with Crippen molar-refractivity contribution in [3.8, 4) is 5.75 Å². The molecule has 0 spiro atoms. The molecule has 5 nitrogen and oxygen atoms in total. The van der Waals surface area contributed by atoms with Crippen LogP contribution in [0.5, 0.6) is 5.75 Å². The van der Waals surface area contributed by atoms with Gasteiger partial charge in [-0.15, -0.1) is 0 Å². The summed E-state index contributed by atoms with van der Waals surface area (Å²) in [6.07, 6.45) is -0.152. The third-order valence-electron chi connectivity index (χ3n) is 3.97. The van der Waals surface area contributed by atoms with E-state index >= 15 is 0 Å². The summed E-state index contributed by atoms with van der Waals surface area (Å²) in [5.74, 6) is 0.426. The molecule has 1 N–H and O–H groups in total. The SMILES string of the molecule is CCOC(=O)c1ccc(N2CCNCC2Oc2cccc(Cl)c2)cc1. The maximum absolute atomic E-state index is 11.8. The summed E-state index contributed by atoms with van der Waals surface area (Å²) in [6, 6.07) is 14.8. The number of nitrogens with zero attached hydrogens (tertiary/aromatic N) is 1. The van der Waals surface area contributed by atoms with Crippen molar-refractivity contribution in [3.63, 3.8) is 0 Å². The summed E-state index contributed by atoms with van der Waals surface area (Å²) in [5, 5.41) is 3.99. The van der Waals surface area contributed by atoms with E-state index in [-0.39, 0.29) is 12.2 Å². The summed E-state index contributed by atoms with van der Waals surface area (Å²) >= 11 is 6.04. The molecule has 2 aromatic carbocycles. The zero-order valence-corrected chi connectivity index (χ0v) is 14.8. The van der Waals surface area contributed by atoms with Crippen LogP contribution in [-0.2, 0) is 4.74 Å². The first-order valence-corrected chi connectivity index (χ1v) is 8.72. The first-order chi connectivity index (χ1) is 12.2.